The molecule has 13 nitrogen and oxygen atoms in total. The highest BCUT2D eigenvalue weighted by Gasteiger charge is 2.34. The van der Waals surface area contributed by atoms with Crippen LogP contribution in [-0.2, 0) is 14.3 Å². The van der Waals surface area contributed by atoms with Crippen molar-refractivity contribution in [3.63, 3.8) is 0 Å². The van der Waals surface area contributed by atoms with Gasteiger partial charge in [0.15, 0.2) is 11.6 Å². The van der Waals surface area contributed by atoms with Crippen LogP contribution in [0.1, 0.15) is 57.8 Å². The molecule has 1 fully saturated rings. The van der Waals surface area contributed by atoms with E-state index in [4.69, 9.17) is 19.7 Å². The van der Waals surface area contributed by atoms with Crippen LogP contribution < -0.4 is 26.7 Å². The molecule has 0 saturated carbocycles. The lowest BCUT2D eigenvalue weighted by molar-refractivity contribution is -0.121. The van der Waals surface area contributed by atoms with Crippen molar-refractivity contribution in [2.45, 2.75) is 59.2 Å². The smallest absolute Gasteiger partial charge is 0.407 e. The molecular weight excluding hydrogens is 551 g/mol. The zero-order valence-electron chi connectivity index (χ0n) is 24.2. The van der Waals surface area contributed by atoms with Crippen LogP contribution in [-0.4, -0.2) is 59.2 Å². The molecule has 0 spiro atoms. The molecule has 0 aliphatic carbocycles. The van der Waals surface area contributed by atoms with Gasteiger partial charge in [0.2, 0.25) is 11.3 Å². The quantitative estimate of drug-likeness (QED) is 0.263. The molecule has 2 atom stereocenters. The van der Waals surface area contributed by atoms with Gasteiger partial charge in [-0.15, -0.1) is 0 Å². The Morgan fingerprint density at radius 1 is 1.29 bits per heavy atom. The van der Waals surface area contributed by atoms with Crippen molar-refractivity contribution in [1.82, 2.24) is 20.4 Å². The Hall–Kier alpha value is -4.62. The zero-order valence-corrected chi connectivity index (χ0v) is 24.2. The molecule has 1 aliphatic rings. The van der Waals surface area contributed by atoms with Gasteiger partial charge in [0.1, 0.15) is 23.6 Å². The number of anilines is 2. The summed E-state index contributed by atoms with van der Waals surface area (Å²) in [5.41, 5.74) is 4.21. The first-order chi connectivity index (χ1) is 19.8. The van der Waals surface area contributed by atoms with Crippen LogP contribution in [0.25, 0.3) is 16.7 Å². The van der Waals surface area contributed by atoms with E-state index in [1.54, 1.807) is 32.6 Å². The second-order valence-corrected chi connectivity index (χ2v) is 11.1. The molecule has 1 aromatic carbocycles. The van der Waals surface area contributed by atoms with Gasteiger partial charge < -0.3 is 35.3 Å². The number of hydrogen-bond donors (Lipinski definition) is 3. The second kappa shape index (κ2) is 12.1. The summed E-state index contributed by atoms with van der Waals surface area (Å²) in [6, 6.07) is 2.94. The molecule has 0 bridgehead atoms. The number of benzene rings is 1. The molecular formula is C28H35FN6O7. The number of amides is 2. The molecule has 14 heteroatoms. The summed E-state index contributed by atoms with van der Waals surface area (Å²) in [4.78, 5) is 52.2. The highest BCUT2D eigenvalue weighted by atomic mass is 19.1. The summed E-state index contributed by atoms with van der Waals surface area (Å²) >= 11 is 0. The number of ether oxygens (including phenoxy) is 2. The standard InChI is InChI=1S/C28H35FN6O7/c1-6-40-26(38)16-14-35(19-8-10-41-33-19)17-12-18(23(29)24(30)22(17)25(16)37)34-13-15(2)11-20(34)32-21(36)7-9-31-27(39)42-28(3,4)5/h8,10,12,14-15,20H,6-7,9,11,13,30H2,1-5H3,(H,31,39)(H,32,36)/t15-,20?/m0/s1. The molecule has 1 saturated heterocycles. The van der Waals surface area contributed by atoms with E-state index in [1.807, 2.05) is 6.92 Å². The molecule has 2 amide bonds. The number of esters is 1. The lowest BCUT2D eigenvalue weighted by atomic mass is 10.1. The maximum Gasteiger partial charge on any atom is 0.407 e. The summed E-state index contributed by atoms with van der Waals surface area (Å²) in [6.07, 6.45) is 1.83. The lowest BCUT2D eigenvalue weighted by Gasteiger charge is -2.29. The molecule has 3 heterocycles. The molecule has 42 heavy (non-hydrogen) atoms. The predicted molar refractivity (Wildman–Crippen MR) is 152 cm³/mol. The molecule has 226 valence electrons. The number of nitrogens with one attached hydrogen (secondary N) is 2. The first-order valence-electron chi connectivity index (χ1n) is 13.6. The van der Waals surface area contributed by atoms with Gasteiger partial charge in [-0.3, -0.25) is 14.2 Å². The van der Waals surface area contributed by atoms with Crippen LogP contribution in [0.4, 0.5) is 20.6 Å². The van der Waals surface area contributed by atoms with Crippen molar-refractivity contribution in [1.29, 1.82) is 0 Å². The molecule has 2 aromatic heterocycles. The number of alkyl carbamates (subject to hydrolysis) is 1. The Labute approximate surface area is 241 Å². The molecule has 1 unspecified atom stereocenters. The zero-order chi connectivity index (χ0) is 30.8. The average Bonchev–Trinajstić information content (AvgIpc) is 3.55. The maximum absolute atomic E-state index is 15.9. The Morgan fingerprint density at radius 3 is 2.67 bits per heavy atom. The van der Waals surface area contributed by atoms with Crippen molar-refractivity contribution in [2.75, 3.05) is 30.3 Å². The van der Waals surface area contributed by atoms with Crippen LogP contribution in [0, 0.1) is 11.7 Å². The SMILES string of the molecule is CCOC(=O)c1cn(-c2ccon2)c2cc(N3C[C@@H](C)CC3NC(=O)CCNC(=O)OC(C)(C)C)c(F)c(N)c2c1=O. The molecule has 1 aliphatic heterocycles. The van der Waals surface area contributed by atoms with Crippen LogP contribution in [0.15, 0.2) is 33.9 Å². The van der Waals surface area contributed by atoms with Crippen LogP contribution in [0.5, 0.6) is 0 Å². The normalized spacial score (nSPS) is 16.9. The number of nitrogens with two attached hydrogens (primary N) is 1. The van der Waals surface area contributed by atoms with Crippen molar-refractivity contribution >= 4 is 40.2 Å². The molecule has 0 radical (unpaired) electrons. The van der Waals surface area contributed by atoms with Crippen LogP contribution in [0.2, 0.25) is 0 Å². The van der Waals surface area contributed by atoms with Crippen molar-refractivity contribution in [3.05, 3.63) is 46.2 Å². The monoisotopic (exact) mass is 586 g/mol. The van der Waals surface area contributed by atoms with Crippen LogP contribution in [0.3, 0.4) is 0 Å². The first kappa shape index (κ1) is 30.3. The van der Waals surface area contributed by atoms with Gasteiger partial charge in [-0.05, 0) is 46.1 Å². The van der Waals surface area contributed by atoms with Gasteiger partial charge in [0, 0.05) is 31.8 Å². The van der Waals surface area contributed by atoms with Crippen molar-refractivity contribution < 1.29 is 32.8 Å². The Kier molecular flexibility index (Phi) is 8.73. The Bertz CT molecular complexity index is 1550. The molecule has 4 N–H and O–H groups in total. The summed E-state index contributed by atoms with van der Waals surface area (Å²) in [6.45, 7) is 9.22. The van der Waals surface area contributed by atoms with E-state index in [0.717, 1.165) is 0 Å². The van der Waals surface area contributed by atoms with E-state index in [1.165, 1.54) is 29.2 Å². The van der Waals surface area contributed by atoms with Gasteiger partial charge in [-0.2, -0.15) is 0 Å². The van der Waals surface area contributed by atoms with Crippen molar-refractivity contribution in [2.24, 2.45) is 5.92 Å². The summed E-state index contributed by atoms with van der Waals surface area (Å²) in [5.74, 6) is -1.81. The van der Waals surface area contributed by atoms with E-state index < -0.39 is 40.8 Å². The highest BCUT2D eigenvalue weighted by Crippen LogP contribution is 2.36. The fourth-order valence-electron chi connectivity index (χ4n) is 4.85. The average molecular weight is 587 g/mol. The second-order valence-electron chi connectivity index (χ2n) is 11.1. The summed E-state index contributed by atoms with van der Waals surface area (Å²) < 4.78 is 32.5. The minimum Gasteiger partial charge on any atom is -0.462 e. The van der Waals surface area contributed by atoms with E-state index in [9.17, 15) is 19.2 Å². The Balaban J connectivity index is 1.67. The number of nitrogens with zero attached hydrogens (tertiary/aromatic N) is 3. The lowest BCUT2D eigenvalue weighted by Crippen LogP contribution is -2.45. The number of halogens is 1. The predicted octanol–water partition coefficient (Wildman–Crippen LogP) is 3.08. The number of fused-ring (bicyclic) bond motifs is 1. The van der Waals surface area contributed by atoms with Crippen molar-refractivity contribution in [3.8, 4) is 5.82 Å². The number of aromatic nitrogens is 2. The van der Waals surface area contributed by atoms with Gasteiger partial charge in [-0.25, -0.2) is 14.0 Å². The Morgan fingerprint density at radius 2 is 2.02 bits per heavy atom. The summed E-state index contributed by atoms with van der Waals surface area (Å²) in [5, 5.41) is 9.13. The minimum atomic E-state index is -0.886. The largest absolute Gasteiger partial charge is 0.462 e. The third kappa shape index (κ3) is 6.47. The van der Waals surface area contributed by atoms with Gasteiger partial charge >= 0.3 is 12.1 Å². The number of carbonyl (C=O) groups is 3. The maximum atomic E-state index is 15.9. The highest BCUT2D eigenvalue weighted by molar-refractivity contribution is 6.00. The third-order valence-electron chi connectivity index (χ3n) is 6.58. The minimum absolute atomic E-state index is 0.0252. The van der Waals surface area contributed by atoms with Crippen LogP contribution >= 0.6 is 0 Å². The number of carbonyl (C=O) groups excluding carboxylic acids is 3. The van der Waals surface area contributed by atoms with Gasteiger partial charge in [0.05, 0.1) is 28.9 Å². The fraction of sp³-hybridized carbons (Fsp3) is 0.464. The van der Waals surface area contributed by atoms with Gasteiger partial charge in [-0.1, -0.05) is 12.1 Å². The fourth-order valence-corrected chi connectivity index (χ4v) is 4.85. The van der Waals surface area contributed by atoms with E-state index in [-0.39, 0.29) is 59.4 Å². The molecule has 4 rings (SSSR count). The van der Waals surface area contributed by atoms with E-state index in [0.29, 0.717) is 13.0 Å². The number of nitrogen functional groups attached to an aromatic ring is 1. The van der Waals surface area contributed by atoms with E-state index >= 15 is 4.39 Å². The third-order valence-corrected chi connectivity index (χ3v) is 6.58. The molecule has 3 aromatic rings. The van der Waals surface area contributed by atoms with E-state index in [2.05, 4.69) is 15.8 Å². The topological polar surface area (TPSA) is 171 Å². The number of rotatable bonds is 8. The first-order valence-corrected chi connectivity index (χ1v) is 13.6. The number of pyridine rings is 1. The van der Waals surface area contributed by atoms with Gasteiger partial charge in [0.25, 0.3) is 0 Å². The summed E-state index contributed by atoms with van der Waals surface area (Å²) in [7, 11) is 0. The number of hydrogen-bond acceptors (Lipinski definition) is 10.